The van der Waals surface area contributed by atoms with Gasteiger partial charge in [0.15, 0.2) is 20.8 Å². The normalized spacial score (nSPS) is 17.2. The van der Waals surface area contributed by atoms with E-state index in [0.717, 1.165) is 12.2 Å². The van der Waals surface area contributed by atoms with Crippen molar-refractivity contribution >= 4 is 27.5 Å². The minimum atomic E-state index is -3.05. The number of benzene rings is 1. The molecule has 8 nitrogen and oxygen atoms in total. The van der Waals surface area contributed by atoms with Crippen molar-refractivity contribution in [1.82, 2.24) is 19.7 Å². The van der Waals surface area contributed by atoms with Crippen LogP contribution in [0, 0.1) is 0 Å². The van der Waals surface area contributed by atoms with Crippen molar-refractivity contribution in [2.45, 2.75) is 51.0 Å². The van der Waals surface area contributed by atoms with Crippen molar-refractivity contribution in [1.29, 1.82) is 0 Å². The molecule has 0 aliphatic carbocycles. The predicted octanol–water partition coefficient (Wildman–Crippen LogP) is 2.73. The first kappa shape index (κ1) is 24.3. The van der Waals surface area contributed by atoms with E-state index in [9.17, 15) is 13.2 Å². The van der Waals surface area contributed by atoms with Crippen LogP contribution in [0.25, 0.3) is 0 Å². The van der Waals surface area contributed by atoms with Crippen LogP contribution in [-0.4, -0.2) is 63.8 Å². The lowest BCUT2D eigenvalue weighted by Crippen LogP contribution is -2.42. The van der Waals surface area contributed by atoms with Crippen molar-refractivity contribution in [3.8, 4) is 5.75 Å². The standard InChI is InChI=1S/C22H30N4O4S2/c1-4-12-26-20(14-30-19-9-7-17(5-2)8-10-19)23-24-22(26)31-15-21(27)25(6-3)18-11-13-32(28,29)16-18/h4,7-10,18H,1,5-6,11-16H2,2-3H3/t18-/m1/s1. The van der Waals surface area contributed by atoms with Crippen LogP contribution in [0.5, 0.6) is 5.75 Å². The molecule has 1 atom stereocenters. The average Bonchev–Trinajstić information content (AvgIpc) is 3.34. The van der Waals surface area contributed by atoms with Gasteiger partial charge in [0, 0.05) is 19.1 Å². The highest BCUT2D eigenvalue weighted by molar-refractivity contribution is 7.99. The second kappa shape index (κ2) is 11.0. The number of carbonyl (C=O) groups is 1. The molecule has 2 aromatic rings. The number of aryl methyl sites for hydroxylation is 1. The maximum absolute atomic E-state index is 12.8. The first-order valence-corrected chi connectivity index (χ1v) is 13.5. The van der Waals surface area contributed by atoms with E-state index in [1.165, 1.54) is 17.3 Å². The SMILES string of the molecule is C=CCn1c(COc2ccc(CC)cc2)nnc1SCC(=O)N(CC)[C@@H]1CCS(=O)(=O)C1. The highest BCUT2D eigenvalue weighted by Gasteiger charge is 2.33. The first-order valence-electron chi connectivity index (χ1n) is 10.7. The Labute approximate surface area is 194 Å². The number of allylic oxidation sites excluding steroid dienone is 1. The molecule has 1 aromatic carbocycles. The summed E-state index contributed by atoms with van der Waals surface area (Å²) in [6.45, 7) is 9.00. The zero-order valence-electron chi connectivity index (χ0n) is 18.6. The van der Waals surface area contributed by atoms with Crippen LogP contribution >= 0.6 is 11.8 Å². The van der Waals surface area contributed by atoms with Gasteiger partial charge in [0.05, 0.1) is 17.3 Å². The smallest absolute Gasteiger partial charge is 0.233 e. The van der Waals surface area contributed by atoms with Gasteiger partial charge in [-0.2, -0.15) is 0 Å². The van der Waals surface area contributed by atoms with E-state index >= 15 is 0 Å². The summed E-state index contributed by atoms with van der Waals surface area (Å²) in [6, 6.07) is 7.69. The number of rotatable bonds is 11. The zero-order valence-corrected chi connectivity index (χ0v) is 20.2. The molecule has 1 aliphatic heterocycles. The van der Waals surface area contributed by atoms with Gasteiger partial charge in [-0.15, -0.1) is 16.8 Å². The molecular weight excluding hydrogens is 448 g/mol. The Morgan fingerprint density at radius 1 is 1.31 bits per heavy atom. The van der Waals surface area contributed by atoms with Crippen LogP contribution in [0.2, 0.25) is 0 Å². The number of thioether (sulfide) groups is 1. The Balaban J connectivity index is 1.62. The summed E-state index contributed by atoms with van der Waals surface area (Å²) < 4.78 is 31.3. The van der Waals surface area contributed by atoms with E-state index in [1.54, 1.807) is 11.0 Å². The number of amides is 1. The number of hydrogen-bond acceptors (Lipinski definition) is 7. The molecule has 3 rings (SSSR count). The topological polar surface area (TPSA) is 94.4 Å². The fourth-order valence-corrected chi connectivity index (χ4v) is 6.27. The van der Waals surface area contributed by atoms with Gasteiger partial charge in [0.25, 0.3) is 0 Å². The van der Waals surface area contributed by atoms with Crippen molar-refractivity contribution in [3.05, 3.63) is 48.3 Å². The maximum Gasteiger partial charge on any atom is 0.233 e. The van der Waals surface area contributed by atoms with E-state index in [1.807, 2.05) is 35.8 Å². The Morgan fingerprint density at radius 2 is 2.06 bits per heavy atom. The Morgan fingerprint density at radius 3 is 2.66 bits per heavy atom. The van der Waals surface area contributed by atoms with Gasteiger partial charge in [0.2, 0.25) is 5.91 Å². The molecule has 10 heteroatoms. The van der Waals surface area contributed by atoms with E-state index in [4.69, 9.17) is 4.74 Å². The second-order valence-corrected chi connectivity index (χ2v) is 10.8. The number of aromatic nitrogens is 3. The molecule has 1 amide bonds. The van der Waals surface area contributed by atoms with Gasteiger partial charge in [-0.25, -0.2) is 8.42 Å². The maximum atomic E-state index is 12.8. The van der Waals surface area contributed by atoms with Crippen molar-refractivity contribution < 1.29 is 17.9 Å². The highest BCUT2D eigenvalue weighted by atomic mass is 32.2. The van der Waals surface area contributed by atoms with E-state index < -0.39 is 9.84 Å². The molecule has 1 aliphatic rings. The second-order valence-electron chi connectivity index (χ2n) is 7.61. The lowest BCUT2D eigenvalue weighted by Gasteiger charge is -2.26. The van der Waals surface area contributed by atoms with Gasteiger partial charge in [-0.3, -0.25) is 9.36 Å². The van der Waals surface area contributed by atoms with Crippen molar-refractivity contribution in [2.24, 2.45) is 0 Å². The molecule has 32 heavy (non-hydrogen) atoms. The van der Waals surface area contributed by atoms with Crippen molar-refractivity contribution in [2.75, 3.05) is 23.8 Å². The highest BCUT2D eigenvalue weighted by Crippen LogP contribution is 2.22. The molecule has 0 radical (unpaired) electrons. The van der Waals surface area contributed by atoms with Gasteiger partial charge in [0.1, 0.15) is 12.4 Å². The van der Waals surface area contributed by atoms with E-state index in [2.05, 4.69) is 23.7 Å². The largest absolute Gasteiger partial charge is 0.486 e. The van der Waals surface area contributed by atoms with Crippen molar-refractivity contribution in [3.63, 3.8) is 0 Å². The molecule has 1 saturated heterocycles. The number of nitrogens with zero attached hydrogens (tertiary/aromatic N) is 4. The lowest BCUT2D eigenvalue weighted by atomic mass is 10.2. The third-order valence-electron chi connectivity index (χ3n) is 5.44. The van der Waals surface area contributed by atoms with Gasteiger partial charge in [-0.1, -0.05) is 36.9 Å². The summed E-state index contributed by atoms with van der Waals surface area (Å²) in [7, 11) is -3.05. The summed E-state index contributed by atoms with van der Waals surface area (Å²) in [4.78, 5) is 14.5. The monoisotopic (exact) mass is 478 g/mol. The minimum absolute atomic E-state index is 0.0462. The van der Waals surface area contributed by atoms with Gasteiger partial charge in [-0.05, 0) is 37.5 Å². The molecule has 1 fully saturated rings. The fourth-order valence-electron chi connectivity index (χ4n) is 3.68. The number of ether oxygens (including phenoxy) is 1. The summed E-state index contributed by atoms with van der Waals surface area (Å²) in [5.74, 6) is 1.66. The molecule has 1 aromatic heterocycles. The molecule has 0 spiro atoms. The number of carbonyl (C=O) groups excluding carboxylic acids is 1. The summed E-state index contributed by atoms with van der Waals surface area (Å²) >= 11 is 1.29. The molecule has 0 bridgehead atoms. The fraction of sp³-hybridized carbons (Fsp3) is 0.500. The van der Waals surface area contributed by atoms with E-state index in [0.29, 0.717) is 30.5 Å². The van der Waals surface area contributed by atoms with Crippen LogP contribution in [0.4, 0.5) is 0 Å². The number of sulfone groups is 1. The molecule has 0 N–H and O–H groups in total. The Kier molecular flexibility index (Phi) is 8.36. The zero-order chi connectivity index (χ0) is 23.1. The van der Waals surface area contributed by atoms with Gasteiger partial charge < -0.3 is 9.64 Å². The van der Waals surface area contributed by atoms with Gasteiger partial charge >= 0.3 is 0 Å². The average molecular weight is 479 g/mol. The Hall–Kier alpha value is -2.33. The molecular formula is C22H30N4O4S2. The van der Waals surface area contributed by atoms with Crippen LogP contribution in [0.1, 0.15) is 31.7 Å². The van der Waals surface area contributed by atoms with Crippen LogP contribution in [0.15, 0.2) is 42.1 Å². The summed E-state index contributed by atoms with van der Waals surface area (Å²) in [5.41, 5.74) is 1.24. The first-order chi connectivity index (χ1) is 15.4. The third kappa shape index (κ3) is 6.13. The lowest BCUT2D eigenvalue weighted by molar-refractivity contribution is -0.129. The molecule has 174 valence electrons. The van der Waals surface area contributed by atoms with Crippen LogP contribution in [-0.2, 0) is 34.2 Å². The quantitative estimate of drug-likeness (QED) is 0.362. The molecule has 0 unspecified atom stereocenters. The molecule has 2 heterocycles. The summed E-state index contributed by atoms with van der Waals surface area (Å²) in [6.07, 6.45) is 3.22. The minimum Gasteiger partial charge on any atom is -0.486 e. The molecule has 0 saturated carbocycles. The van der Waals surface area contributed by atoms with Crippen LogP contribution in [0.3, 0.4) is 0 Å². The summed E-state index contributed by atoms with van der Waals surface area (Å²) in [5, 5.41) is 9.08. The van der Waals surface area contributed by atoms with E-state index in [-0.39, 0.29) is 35.8 Å². The number of hydrogen-bond donors (Lipinski definition) is 0. The van der Waals surface area contributed by atoms with Crippen LogP contribution < -0.4 is 4.74 Å². The predicted molar refractivity (Wildman–Crippen MR) is 126 cm³/mol. The Bertz CT molecular complexity index is 1030. The third-order valence-corrected chi connectivity index (χ3v) is 8.14.